The van der Waals surface area contributed by atoms with E-state index < -0.39 is 0 Å². The van der Waals surface area contributed by atoms with Gasteiger partial charge in [-0.05, 0) is 85.8 Å². The zero-order chi connectivity index (χ0) is 18.5. The van der Waals surface area contributed by atoms with Crippen molar-refractivity contribution in [3.8, 4) is 0 Å². The lowest BCUT2D eigenvalue weighted by molar-refractivity contribution is -0.0697. The highest BCUT2D eigenvalue weighted by Crippen LogP contribution is 2.65. The number of amides is 1. The minimum atomic E-state index is 0.0794. The fourth-order valence-electron chi connectivity index (χ4n) is 6.86. The Morgan fingerprint density at radius 3 is 2.30 bits per heavy atom. The van der Waals surface area contributed by atoms with Crippen molar-refractivity contribution in [3.63, 3.8) is 0 Å². The second kappa shape index (κ2) is 6.22. The summed E-state index contributed by atoms with van der Waals surface area (Å²) in [5, 5.41) is 3.29. The topological polar surface area (TPSA) is 29.1 Å². The number of nitrogens with one attached hydrogen (secondary N) is 1. The van der Waals surface area contributed by atoms with Gasteiger partial charge in [-0.1, -0.05) is 48.0 Å². The molecule has 0 aromatic heterocycles. The van der Waals surface area contributed by atoms with Gasteiger partial charge in [-0.2, -0.15) is 0 Å². The van der Waals surface area contributed by atoms with Gasteiger partial charge < -0.3 is 5.32 Å². The summed E-state index contributed by atoms with van der Waals surface area (Å²) in [6.07, 6.45) is 7.94. The van der Waals surface area contributed by atoms with Gasteiger partial charge in [-0.25, -0.2) is 0 Å². The average Bonchev–Trinajstić information content (AvgIpc) is 2.66. The minimum absolute atomic E-state index is 0.0794. The molecule has 0 saturated heterocycles. The molecule has 2 atom stereocenters. The van der Waals surface area contributed by atoms with Gasteiger partial charge in [0, 0.05) is 12.1 Å². The Morgan fingerprint density at radius 2 is 1.63 bits per heavy atom. The number of hydrogen-bond acceptors (Lipinski definition) is 1. The molecule has 1 N–H and O–H groups in total. The number of benzene rings is 2. The van der Waals surface area contributed by atoms with Crippen LogP contribution in [0.4, 0.5) is 0 Å². The Hall–Kier alpha value is -2.09. The quantitative estimate of drug-likeness (QED) is 0.792. The molecular weight excluding hydrogens is 330 g/mol. The van der Waals surface area contributed by atoms with Gasteiger partial charge in [-0.3, -0.25) is 4.79 Å². The maximum atomic E-state index is 12.6. The van der Waals surface area contributed by atoms with Crippen LogP contribution in [-0.2, 0) is 5.41 Å². The van der Waals surface area contributed by atoms with Crippen molar-refractivity contribution in [2.24, 2.45) is 17.3 Å². The molecule has 140 valence electrons. The molecule has 6 rings (SSSR count). The van der Waals surface area contributed by atoms with Crippen molar-refractivity contribution in [1.82, 2.24) is 5.32 Å². The van der Waals surface area contributed by atoms with Gasteiger partial charge >= 0.3 is 0 Å². The molecule has 4 bridgehead atoms. The summed E-state index contributed by atoms with van der Waals surface area (Å²) in [6.45, 7) is 3.01. The standard InChI is InChI=1S/C25H29NO/c1-18-7-9-22(10-8-18)25-14-19-11-20(15-25)13-24(12-19,16-25)17-26-23(27)21-5-3-2-4-6-21/h2-10,19-20H,11-17H2,1H3,(H,26,27). The van der Waals surface area contributed by atoms with Crippen LogP contribution in [0.25, 0.3) is 0 Å². The van der Waals surface area contributed by atoms with E-state index in [0.29, 0.717) is 10.8 Å². The first-order valence-corrected chi connectivity index (χ1v) is 10.5. The van der Waals surface area contributed by atoms with Crippen LogP contribution in [0.5, 0.6) is 0 Å². The maximum Gasteiger partial charge on any atom is 0.251 e. The third kappa shape index (κ3) is 2.99. The van der Waals surface area contributed by atoms with Crippen molar-refractivity contribution in [2.75, 3.05) is 6.54 Å². The molecule has 4 saturated carbocycles. The second-order valence-electron chi connectivity index (χ2n) is 9.66. The number of hydrogen-bond donors (Lipinski definition) is 1. The fraction of sp³-hybridized carbons (Fsp3) is 0.480. The number of carbonyl (C=O) groups is 1. The summed E-state index contributed by atoms with van der Waals surface area (Å²) in [7, 11) is 0. The second-order valence-corrected chi connectivity index (χ2v) is 9.66. The van der Waals surface area contributed by atoms with Crippen LogP contribution in [-0.4, -0.2) is 12.5 Å². The molecule has 27 heavy (non-hydrogen) atoms. The monoisotopic (exact) mass is 359 g/mol. The predicted molar refractivity (Wildman–Crippen MR) is 109 cm³/mol. The van der Waals surface area contributed by atoms with E-state index in [9.17, 15) is 4.79 Å². The normalized spacial score (nSPS) is 33.8. The van der Waals surface area contributed by atoms with Crippen molar-refractivity contribution in [3.05, 3.63) is 71.3 Å². The smallest absolute Gasteiger partial charge is 0.251 e. The summed E-state index contributed by atoms with van der Waals surface area (Å²) >= 11 is 0. The Labute approximate surface area is 162 Å². The molecular formula is C25H29NO. The third-order valence-electron chi connectivity index (χ3n) is 7.51. The Kier molecular flexibility index (Phi) is 3.93. The van der Waals surface area contributed by atoms with Crippen LogP contribution >= 0.6 is 0 Å². The molecule has 2 aromatic rings. The molecule has 2 aromatic carbocycles. The maximum absolute atomic E-state index is 12.6. The van der Waals surface area contributed by atoms with E-state index in [-0.39, 0.29) is 5.91 Å². The zero-order valence-electron chi connectivity index (χ0n) is 16.2. The van der Waals surface area contributed by atoms with E-state index in [4.69, 9.17) is 0 Å². The number of aryl methyl sites for hydroxylation is 1. The van der Waals surface area contributed by atoms with Crippen molar-refractivity contribution in [1.29, 1.82) is 0 Å². The van der Waals surface area contributed by atoms with Crippen LogP contribution < -0.4 is 5.32 Å². The minimum Gasteiger partial charge on any atom is -0.351 e. The molecule has 4 aliphatic rings. The Balaban J connectivity index is 1.38. The van der Waals surface area contributed by atoms with Crippen LogP contribution in [0.1, 0.15) is 60.0 Å². The van der Waals surface area contributed by atoms with E-state index in [2.05, 4.69) is 36.5 Å². The van der Waals surface area contributed by atoms with Gasteiger partial charge in [-0.15, -0.1) is 0 Å². The lowest BCUT2D eigenvalue weighted by Crippen LogP contribution is -2.57. The number of carbonyl (C=O) groups excluding carboxylic acids is 1. The highest BCUT2D eigenvalue weighted by Gasteiger charge is 2.57. The van der Waals surface area contributed by atoms with Crippen LogP contribution in [0, 0.1) is 24.2 Å². The predicted octanol–water partition coefficient (Wildman–Crippen LogP) is 5.26. The summed E-state index contributed by atoms with van der Waals surface area (Å²) in [4.78, 5) is 12.6. The molecule has 4 fully saturated rings. The van der Waals surface area contributed by atoms with Gasteiger partial charge in [0.15, 0.2) is 0 Å². The molecule has 2 nitrogen and oxygen atoms in total. The van der Waals surface area contributed by atoms with E-state index in [0.717, 1.165) is 23.9 Å². The van der Waals surface area contributed by atoms with Gasteiger partial charge in [0.1, 0.15) is 0 Å². The summed E-state index contributed by atoms with van der Waals surface area (Å²) in [5.74, 6) is 1.75. The first-order chi connectivity index (χ1) is 13.1. The van der Waals surface area contributed by atoms with E-state index in [1.165, 1.54) is 44.1 Å². The summed E-state index contributed by atoms with van der Waals surface area (Å²) in [5.41, 5.74) is 4.29. The molecule has 2 unspecified atom stereocenters. The lowest BCUT2D eigenvalue weighted by Gasteiger charge is -2.62. The van der Waals surface area contributed by atoms with E-state index in [1.54, 1.807) is 5.56 Å². The number of rotatable bonds is 4. The highest BCUT2D eigenvalue weighted by atomic mass is 16.1. The first kappa shape index (κ1) is 17.0. The molecule has 0 radical (unpaired) electrons. The van der Waals surface area contributed by atoms with Gasteiger partial charge in [0.25, 0.3) is 5.91 Å². The average molecular weight is 360 g/mol. The van der Waals surface area contributed by atoms with Crippen LogP contribution in [0.15, 0.2) is 54.6 Å². The molecule has 0 aliphatic heterocycles. The SMILES string of the molecule is Cc1ccc(C23CC4CC(CC(CNC(=O)c5ccccc5)(C4)C2)C3)cc1. The Bertz CT molecular complexity index is 824. The molecule has 0 heterocycles. The molecule has 2 heteroatoms. The summed E-state index contributed by atoms with van der Waals surface area (Å²) in [6, 6.07) is 18.9. The van der Waals surface area contributed by atoms with Crippen LogP contribution in [0.2, 0.25) is 0 Å². The van der Waals surface area contributed by atoms with Crippen molar-refractivity contribution < 1.29 is 4.79 Å². The fourth-order valence-corrected chi connectivity index (χ4v) is 6.86. The largest absolute Gasteiger partial charge is 0.351 e. The van der Waals surface area contributed by atoms with Gasteiger partial charge in [0.05, 0.1) is 0 Å². The van der Waals surface area contributed by atoms with Gasteiger partial charge in [0.2, 0.25) is 0 Å². The Morgan fingerprint density at radius 1 is 0.963 bits per heavy atom. The third-order valence-corrected chi connectivity index (χ3v) is 7.51. The van der Waals surface area contributed by atoms with E-state index in [1.807, 2.05) is 30.3 Å². The lowest BCUT2D eigenvalue weighted by atomic mass is 9.43. The molecule has 0 spiro atoms. The highest BCUT2D eigenvalue weighted by molar-refractivity contribution is 5.94. The molecule has 1 amide bonds. The molecule has 4 aliphatic carbocycles. The van der Waals surface area contributed by atoms with Crippen molar-refractivity contribution >= 4 is 5.91 Å². The zero-order valence-corrected chi connectivity index (χ0v) is 16.2. The first-order valence-electron chi connectivity index (χ1n) is 10.5. The van der Waals surface area contributed by atoms with Crippen LogP contribution in [0.3, 0.4) is 0 Å². The van der Waals surface area contributed by atoms with Crippen molar-refractivity contribution in [2.45, 2.75) is 50.9 Å². The van der Waals surface area contributed by atoms with E-state index >= 15 is 0 Å². The summed E-state index contributed by atoms with van der Waals surface area (Å²) < 4.78 is 0.